The summed E-state index contributed by atoms with van der Waals surface area (Å²) < 4.78 is 9.17. The van der Waals surface area contributed by atoms with E-state index in [4.69, 9.17) is 4.74 Å². The lowest BCUT2D eigenvalue weighted by atomic mass is 9.87. The van der Waals surface area contributed by atoms with Gasteiger partial charge < -0.3 is 10.1 Å². The smallest absolute Gasteiger partial charge is 0.277 e. The summed E-state index contributed by atoms with van der Waals surface area (Å²) in [6.45, 7) is 9.44. The Balaban J connectivity index is 1.31. The number of nitrogens with one attached hydrogen (secondary N) is 1. The van der Waals surface area contributed by atoms with Crippen LogP contribution < -0.4 is 10.1 Å². The maximum absolute atomic E-state index is 12.6. The largest absolute Gasteiger partial charge is 0.471 e. The van der Waals surface area contributed by atoms with Gasteiger partial charge in [-0.2, -0.15) is 10.2 Å². The molecule has 0 aliphatic carbocycles. The minimum atomic E-state index is -0.316. The number of ether oxygens (including phenoxy) is 1. The standard InChI is InChI=1S/C26H29N5O2/c1-19-6-5-7-20(16-19)17-30-15-13-24(29-30)27-25(32)23-12-14-31(28-23)18-33-22-10-8-21(9-11-22)26(2,3)4/h5-16H,17-18H2,1-4H3,(H,27,29,32). The molecule has 7 heteroatoms. The summed E-state index contributed by atoms with van der Waals surface area (Å²) in [5, 5.41) is 11.5. The molecule has 33 heavy (non-hydrogen) atoms. The number of hydrogen-bond acceptors (Lipinski definition) is 4. The van der Waals surface area contributed by atoms with Gasteiger partial charge in [0, 0.05) is 18.5 Å². The maximum Gasteiger partial charge on any atom is 0.277 e. The van der Waals surface area contributed by atoms with E-state index >= 15 is 0 Å². The van der Waals surface area contributed by atoms with Crippen LogP contribution in [0.5, 0.6) is 5.75 Å². The van der Waals surface area contributed by atoms with E-state index in [2.05, 4.69) is 73.5 Å². The second-order valence-electron chi connectivity index (χ2n) is 9.13. The van der Waals surface area contributed by atoms with Crippen molar-refractivity contribution in [3.05, 3.63) is 95.4 Å². The molecule has 4 rings (SSSR count). The highest BCUT2D eigenvalue weighted by Crippen LogP contribution is 2.24. The Morgan fingerprint density at radius 1 is 0.970 bits per heavy atom. The van der Waals surface area contributed by atoms with Crippen LogP contribution in [0.2, 0.25) is 0 Å². The Hall–Kier alpha value is -3.87. The van der Waals surface area contributed by atoms with E-state index in [1.54, 1.807) is 27.7 Å². The highest BCUT2D eigenvalue weighted by Gasteiger charge is 2.14. The molecule has 0 unspecified atom stereocenters. The van der Waals surface area contributed by atoms with Gasteiger partial charge in [-0.1, -0.05) is 62.7 Å². The van der Waals surface area contributed by atoms with E-state index < -0.39 is 0 Å². The third-order valence-electron chi connectivity index (χ3n) is 5.27. The second kappa shape index (κ2) is 9.32. The highest BCUT2D eigenvalue weighted by molar-refractivity contribution is 6.02. The number of hydrogen-bond donors (Lipinski definition) is 1. The first-order valence-electron chi connectivity index (χ1n) is 10.9. The first kappa shape index (κ1) is 22.3. The third kappa shape index (κ3) is 5.88. The molecule has 1 amide bonds. The Bertz CT molecular complexity index is 1230. The maximum atomic E-state index is 12.6. The number of carbonyl (C=O) groups is 1. The monoisotopic (exact) mass is 443 g/mol. The van der Waals surface area contributed by atoms with Crippen molar-refractivity contribution >= 4 is 11.7 Å². The van der Waals surface area contributed by atoms with Crippen molar-refractivity contribution in [3.63, 3.8) is 0 Å². The molecule has 2 heterocycles. The van der Waals surface area contributed by atoms with Gasteiger partial charge in [0.2, 0.25) is 0 Å². The first-order chi connectivity index (χ1) is 15.8. The molecule has 0 fully saturated rings. The van der Waals surface area contributed by atoms with E-state index in [9.17, 15) is 4.79 Å². The molecule has 170 valence electrons. The van der Waals surface area contributed by atoms with E-state index in [0.29, 0.717) is 18.1 Å². The minimum absolute atomic E-state index is 0.0964. The fourth-order valence-corrected chi connectivity index (χ4v) is 3.44. The van der Waals surface area contributed by atoms with Gasteiger partial charge in [0.25, 0.3) is 5.91 Å². The summed E-state index contributed by atoms with van der Waals surface area (Å²) >= 11 is 0. The number of rotatable bonds is 7. The SMILES string of the molecule is Cc1cccc(Cn2ccc(NC(=O)c3ccn(COc4ccc(C(C)(C)C)cc4)n3)n2)c1. The van der Waals surface area contributed by atoms with Crippen molar-refractivity contribution in [2.75, 3.05) is 5.32 Å². The minimum Gasteiger partial charge on any atom is -0.471 e. The zero-order valence-corrected chi connectivity index (χ0v) is 19.4. The molecule has 0 saturated heterocycles. The summed E-state index contributed by atoms with van der Waals surface area (Å²) in [6, 6.07) is 19.7. The average molecular weight is 444 g/mol. The van der Waals surface area contributed by atoms with E-state index in [-0.39, 0.29) is 18.1 Å². The molecular formula is C26H29N5O2. The third-order valence-corrected chi connectivity index (χ3v) is 5.27. The number of anilines is 1. The van der Waals surface area contributed by atoms with E-state index in [1.807, 2.05) is 24.4 Å². The van der Waals surface area contributed by atoms with Crippen molar-refractivity contribution in [2.45, 2.75) is 46.4 Å². The predicted octanol–water partition coefficient (Wildman–Crippen LogP) is 5.02. The molecule has 0 radical (unpaired) electrons. The van der Waals surface area contributed by atoms with E-state index in [1.165, 1.54) is 11.1 Å². The number of aromatic nitrogens is 4. The normalized spacial score (nSPS) is 11.4. The Morgan fingerprint density at radius 3 is 2.45 bits per heavy atom. The fourth-order valence-electron chi connectivity index (χ4n) is 3.44. The zero-order chi connectivity index (χ0) is 23.4. The number of nitrogens with zero attached hydrogens (tertiary/aromatic N) is 4. The van der Waals surface area contributed by atoms with Gasteiger partial charge in [-0.15, -0.1) is 0 Å². The Kier molecular flexibility index (Phi) is 6.31. The summed E-state index contributed by atoms with van der Waals surface area (Å²) in [4.78, 5) is 12.6. The van der Waals surface area contributed by atoms with Gasteiger partial charge in [0.1, 0.15) is 5.75 Å². The molecule has 4 aromatic rings. The topological polar surface area (TPSA) is 74.0 Å². The molecule has 7 nitrogen and oxygen atoms in total. The van der Waals surface area contributed by atoms with Crippen LogP contribution in [0.4, 0.5) is 5.82 Å². The van der Waals surface area contributed by atoms with Crippen LogP contribution in [0, 0.1) is 6.92 Å². The van der Waals surface area contributed by atoms with Crippen LogP contribution in [0.25, 0.3) is 0 Å². The molecule has 0 aliphatic heterocycles. The molecule has 1 N–H and O–H groups in total. The highest BCUT2D eigenvalue weighted by atomic mass is 16.5. The summed E-state index contributed by atoms with van der Waals surface area (Å²) in [5.41, 5.74) is 4.00. The van der Waals surface area contributed by atoms with Crippen LogP contribution in [-0.2, 0) is 18.7 Å². The van der Waals surface area contributed by atoms with Crippen LogP contribution in [-0.4, -0.2) is 25.5 Å². The molecule has 0 saturated carbocycles. The van der Waals surface area contributed by atoms with Gasteiger partial charge in [0.15, 0.2) is 18.2 Å². The van der Waals surface area contributed by atoms with Gasteiger partial charge in [0.05, 0.1) is 6.54 Å². The van der Waals surface area contributed by atoms with Gasteiger partial charge in [-0.3, -0.25) is 9.48 Å². The predicted molar refractivity (Wildman–Crippen MR) is 128 cm³/mol. The average Bonchev–Trinajstić information content (AvgIpc) is 3.42. The molecule has 2 aromatic heterocycles. The molecule has 0 spiro atoms. The fraction of sp³-hybridized carbons (Fsp3) is 0.269. The summed E-state index contributed by atoms with van der Waals surface area (Å²) in [5.74, 6) is 0.921. The van der Waals surface area contributed by atoms with Crippen molar-refractivity contribution in [2.24, 2.45) is 0 Å². The summed E-state index contributed by atoms with van der Waals surface area (Å²) in [6.07, 6.45) is 3.56. The quantitative estimate of drug-likeness (QED) is 0.435. The van der Waals surface area contributed by atoms with Crippen LogP contribution in [0.1, 0.15) is 48.0 Å². The Labute approximate surface area is 194 Å². The summed E-state index contributed by atoms with van der Waals surface area (Å²) in [7, 11) is 0. The van der Waals surface area contributed by atoms with Gasteiger partial charge in [-0.05, 0) is 41.7 Å². The van der Waals surface area contributed by atoms with Crippen LogP contribution >= 0.6 is 0 Å². The lowest BCUT2D eigenvalue weighted by Gasteiger charge is -2.19. The van der Waals surface area contributed by atoms with Crippen LogP contribution in [0.3, 0.4) is 0 Å². The van der Waals surface area contributed by atoms with Crippen LogP contribution in [0.15, 0.2) is 73.1 Å². The van der Waals surface area contributed by atoms with Crippen molar-refractivity contribution in [3.8, 4) is 5.75 Å². The molecular weight excluding hydrogens is 414 g/mol. The second-order valence-corrected chi connectivity index (χ2v) is 9.13. The molecule has 0 bridgehead atoms. The van der Waals surface area contributed by atoms with Crippen molar-refractivity contribution in [1.29, 1.82) is 0 Å². The Morgan fingerprint density at radius 2 is 1.73 bits per heavy atom. The molecule has 2 aromatic carbocycles. The van der Waals surface area contributed by atoms with E-state index in [0.717, 1.165) is 11.3 Å². The van der Waals surface area contributed by atoms with Crippen molar-refractivity contribution < 1.29 is 9.53 Å². The number of benzene rings is 2. The zero-order valence-electron chi connectivity index (χ0n) is 19.4. The lowest BCUT2D eigenvalue weighted by molar-refractivity contribution is 0.101. The number of aryl methyl sites for hydroxylation is 1. The van der Waals surface area contributed by atoms with Gasteiger partial charge in [-0.25, -0.2) is 4.68 Å². The number of carbonyl (C=O) groups excluding carboxylic acids is 1. The first-order valence-corrected chi connectivity index (χ1v) is 10.9. The number of amides is 1. The lowest BCUT2D eigenvalue weighted by Crippen LogP contribution is -2.15. The van der Waals surface area contributed by atoms with Gasteiger partial charge >= 0.3 is 0 Å². The molecule has 0 atom stereocenters. The van der Waals surface area contributed by atoms with Crippen molar-refractivity contribution in [1.82, 2.24) is 19.6 Å². The molecule has 0 aliphatic rings.